The summed E-state index contributed by atoms with van der Waals surface area (Å²) in [7, 11) is 0. The second kappa shape index (κ2) is 7.02. The monoisotopic (exact) mass is 417 g/mol. The highest BCUT2D eigenvalue weighted by Gasteiger charge is 2.33. The number of halogens is 4. The first kappa shape index (κ1) is 17.7. The summed E-state index contributed by atoms with van der Waals surface area (Å²) >= 11 is 24.3. The lowest BCUT2D eigenvalue weighted by Crippen LogP contribution is -2.27. The van der Waals surface area contributed by atoms with Gasteiger partial charge >= 0.3 is 0 Å². The van der Waals surface area contributed by atoms with Gasteiger partial charge in [-0.15, -0.1) is 0 Å². The summed E-state index contributed by atoms with van der Waals surface area (Å²) in [6, 6.07) is 9.13. The molecule has 1 fully saturated rings. The fraction of sp³-hybridized carbons (Fsp3) is 0. The van der Waals surface area contributed by atoms with Crippen LogP contribution in [-0.4, -0.2) is 10.2 Å². The van der Waals surface area contributed by atoms with E-state index in [0.717, 1.165) is 11.8 Å². The lowest BCUT2D eigenvalue weighted by atomic mass is 10.2. The van der Waals surface area contributed by atoms with E-state index < -0.39 is 5.82 Å². The smallest absolute Gasteiger partial charge is 0.268 e. The summed E-state index contributed by atoms with van der Waals surface area (Å²) in [5, 5.41) is 0.670. The molecule has 1 heterocycles. The topological polar surface area (TPSA) is 20.3 Å². The number of amides is 1. The van der Waals surface area contributed by atoms with E-state index in [0.29, 0.717) is 30.5 Å². The van der Waals surface area contributed by atoms with E-state index in [-0.39, 0.29) is 10.9 Å². The van der Waals surface area contributed by atoms with Crippen LogP contribution in [0.3, 0.4) is 0 Å². The predicted molar refractivity (Wildman–Crippen MR) is 104 cm³/mol. The maximum Gasteiger partial charge on any atom is 0.270 e. The van der Waals surface area contributed by atoms with E-state index in [1.807, 2.05) is 0 Å². The predicted octanol–water partition coefficient (Wildman–Crippen LogP) is 6.19. The van der Waals surface area contributed by atoms with Gasteiger partial charge in [0, 0.05) is 0 Å². The van der Waals surface area contributed by atoms with Crippen LogP contribution < -0.4 is 4.90 Å². The molecule has 0 unspecified atom stereocenters. The Morgan fingerprint density at radius 1 is 1.12 bits per heavy atom. The van der Waals surface area contributed by atoms with Crippen molar-refractivity contribution in [1.29, 1.82) is 0 Å². The van der Waals surface area contributed by atoms with Crippen molar-refractivity contribution < 1.29 is 9.18 Å². The Balaban J connectivity index is 1.98. The number of hydrogen-bond acceptors (Lipinski definition) is 3. The van der Waals surface area contributed by atoms with Crippen LogP contribution in [0.4, 0.5) is 10.1 Å². The van der Waals surface area contributed by atoms with Crippen LogP contribution in [0.15, 0.2) is 41.3 Å². The zero-order valence-corrected chi connectivity index (χ0v) is 15.6. The Hall–Kier alpha value is -1.11. The molecule has 0 radical (unpaired) electrons. The normalized spacial score (nSPS) is 16.3. The van der Waals surface area contributed by atoms with Crippen LogP contribution in [-0.2, 0) is 4.79 Å². The van der Waals surface area contributed by atoms with Crippen molar-refractivity contribution in [1.82, 2.24) is 0 Å². The number of anilines is 1. The minimum Gasteiger partial charge on any atom is -0.268 e. The van der Waals surface area contributed by atoms with Gasteiger partial charge in [-0.05, 0) is 35.9 Å². The molecule has 1 aliphatic heterocycles. The molecule has 3 rings (SSSR count). The van der Waals surface area contributed by atoms with Crippen molar-refractivity contribution in [3.8, 4) is 0 Å². The lowest BCUT2D eigenvalue weighted by Gasteiger charge is -2.14. The third-order valence-electron chi connectivity index (χ3n) is 3.22. The Morgan fingerprint density at radius 3 is 2.58 bits per heavy atom. The Bertz CT molecular complexity index is 901. The molecular weight excluding hydrogens is 412 g/mol. The number of carbonyl (C=O) groups is 1. The summed E-state index contributed by atoms with van der Waals surface area (Å²) in [5.41, 5.74) is 1.02. The summed E-state index contributed by atoms with van der Waals surface area (Å²) in [6.07, 6.45) is 1.62. The molecule has 1 saturated heterocycles. The molecule has 24 heavy (non-hydrogen) atoms. The molecule has 1 aliphatic rings. The van der Waals surface area contributed by atoms with Crippen LogP contribution in [0.5, 0.6) is 0 Å². The van der Waals surface area contributed by atoms with Gasteiger partial charge in [-0.2, -0.15) is 0 Å². The second-order valence-electron chi connectivity index (χ2n) is 4.76. The highest BCUT2D eigenvalue weighted by atomic mass is 35.5. The molecule has 2 nitrogen and oxygen atoms in total. The maximum atomic E-state index is 13.3. The first-order valence-corrected chi connectivity index (χ1v) is 8.91. The summed E-state index contributed by atoms with van der Waals surface area (Å²) in [5.74, 6) is -0.893. The van der Waals surface area contributed by atoms with Gasteiger partial charge in [0.25, 0.3) is 5.91 Å². The average Bonchev–Trinajstić information content (AvgIpc) is 2.81. The Kier molecular flexibility index (Phi) is 5.18. The number of hydrogen-bond donors (Lipinski definition) is 0. The van der Waals surface area contributed by atoms with Gasteiger partial charge < -0.3 is 0 Å². The maximum absolute atomic E-state index is 13.3. The van der Waals surface area contributed by atoms with Gasteiger partial charge in [0.2, 0.25) is 0 Å². The molecule has 2 aromatic rings. The van der Waals surface area contributed by atoms with Crippen LogP contribution >= 0.6 is 58.8 Å². The number of nitrogens with zero attached hydrogens (tertiary/aromatic N) is 1. The highest BCUT2D eigenvalue weighted by molar-refractivity contribution is 8.27. The van der Waals surface area contributed by atoms with Crippen LogP contribution in [0.25, 0.3) is 6.08 Å². The average molecular weight is 419 g/mol. The van der Waals surface area contributed by atoms with Gasteiger partial charge in [-0.3, -0.25) is 9.69 Å². The molecule has 0 atom stereocenters. The second-order valence-corrected chi connectivity index (χ2v) is 7.63. The first-order chi connectivity index (χ1) is 11.4. The first-order valence-electron chi connectivity index (χ1n) is 6.55. The van der Waals surface area contributed by atoms with Crippen molar-refractivity contribution in [3.63, 3.8) is 0 Å². The summed E-state index contributed by atoms with van der Waals surface area (Å²) < 4.78 is 13.6. The fourth-order valence-electron chi connectivity index (χ4n) is 2.09. The van der Waals surface area contributed by atoms with E-state index >= 15 is 0 Å². The SMILES string of the molecule is O=C1/C(=C\c2cccc(Cl)c2Cl)SC(=S)N1c1ccc(F)c(Cl)c1. The minimum atomic E-state index is -0.563. The molecule has 0 N–H and O–H groups in total. The van der Waals surface area contributed by atoms with E-state index in [1.54, 1.807) is 24.3 Å². The van der Waals surface area contributed by atoms with E-state index in [9.17, 15) is 9.18 Å². The molecule has 0 aliphatic carbocycles. The van der Waals surface area contributed by atoms with Gasteiger partial charge in [-0.1, -0.05) is 70.9 Å². The Morgan fingerprint density at radius 2 is 1.88 bits per heavy atom. The van der Waals surface area contributed by atoms with Crippen molar-refractivity contribution >= 4 is 80.8 Å². The molecule has 1 amide bonds. The van der Waals surface area contributed by atoms with Crippen LogP contribution in [0.1, 0.15) is 5.56 Å². The zero-order valence-electron chi connectivity index (χ0n) is 11.7. The zero-order chi connectivity index (χ0) is 17.4. The molecule has 0 bridgehead atoms. The van der Waals surface area contributed by atoms with Gasteiger partial charge in [0.15, 0.2) is 4.32 Å². The third-order valence-corrected chi connectivity index (χ3v) is 5.65. The number of benzene rings is 2. The van der Waals surface area contributed by atoms with Gasteiger partial charge in [0.05, 0.1) is 25.7 Å². The molecule has 0 saturated carbocycles. The van der Waals surface area contributed by atoms with Gasteiger partial charge in [0.1, 0.15) is 5.82 Å². The van der Waals surface area contributed by atoms with E-state index in [4.69, 9.17) is 47.0 Å². The number of carbonyl (C=O) groups excluding carboxylic acids is 1. The van der Waals surface area contributed by atoms with Crippen molar-refractivity contribution in [3.05, 3.63) is 67.8 Å². The molecule has 0 aromatic heterocycles. The summed E-state index contributed by atoms with van der Waals surface area (Å²) in [6.45, 7) is 0. The minimum absolute atomic E-state index is 0.0802. The number of thiocarbonyl (C=S) groups is 1. The fourth-order valence-corrected chi connectivity index (χ4v) is 3.91. The largest absolute Gasteiger partial charge is 0.270 e. The van der Waals surface area contributed by atoms with Crippen LogP contribution in [0, 0.1) is 5.82 Å². The summed E-state index contributed by atoms with van der Waals surface area (Å²) in [4.78, 5) is 14.3. The molecule has 8 heteroatoms. The molecule has 0 spiro atoms. The van der Waals surface area contributed by atoms with Crippen molar-refractivity contribution in [2.75, 3.05) is 4.90 Å². The van der Waals surface area contributed by atoms with Crippen molar-refractivity contribution in [2.24, 2.45) is 0 Å². The highest BCUT2D eigenvalue weighted by Crippen LogP contribution is 2.38. The van der Waals surface area contributed by atoms with Crippen LogP contribution in [0.2, 0.25) is 15.1 Å². The number of thioether (sulfide) groups is 1. The van der Waals surface area contributed by atoms with Crippen molar-refractivity contribution in [2.45, 2.75) is 0 Å². The van der Waals surface area contributed by atoms with E-state index in [1.165, 1.54) is 23.1 Å². The Labute approximate surface area is 162 Å². The van der Waals surface area contributed by atoms with Gasteiger partial charge in [-0.25, -0.2) is 4.39 Å². The quantitative estimate of drug-likeness (QED) is 0.428. The standard InChI is InChI=1S/C16H7Cl3FNOS2/c17-10-3-1-2-8(14(10)19)6-13-15(22)21(16(23)24-13)9-4-5-12(20)11(18)7-9/h1-7H/b13-6+. The molecular formula is C16H7Cl3FNOS2. The number of rotatable bonds is 2. The third kappa shape index (κ3) is 3.32. The van der Waals surface area contributed by atoms with E-state index in [2.05, 4.69) is 0 Å². The molecule has 122 valence electrons. The molecule has 2 aromatic carbocycles. The lowest BCUT2D eigenvalue weighted by molar-refractivity contribution is -0.113.